The number of hydrogen-bond donors (Lipinski definition) is 2. The minimum atomic E-state index is -0.857. The first-order valence-electron chi connectivity index (χ1n) is 7.16. The maximum absolute atomic E-state index is 13.5. The molecule has 0 saturated carbocycles. The Morgan fingerprint density at radius 1 is 1.17 bits per heavy atom. The van der Waals surface area contributed by atoms with E-state index in [4.69, 9.17) is 4.74 Å². The lowest BCUT2D eigenvalue weighted by Crippen LogP contribution is -2.47. The minimum Gasteiger partial charge on any atom is -0.480 e. The monoisotopic (exact) mass is 394 g/mol. The summed E-state index contributed by atoms with van der Waals surface area (Å²) >= 11 is 3.36. The number of hydrogen-bond acceptors (Lipinski definition) is 3. The molecule has 0 aliphatic heterocycles. The summed E-state index contributed by atoms with van der Waals surface area (Å²) in [7, 11) is 0. The highest BCUT2D eigenvalue weighted by Gasteiger charge is 2.18. The van der Waals surface area contributed by atoms with E-state index in [2.05, 4.69) is 26.8 Å². The molecule has 2 amide bonds. The zero-order chi connectivity index (χ0) is 17.7. The highest BCUT2D eigenvalue weighted by molar-refractivity contribution is 9.10. The van der Waals surface area contributed by atoms with Gasteiger partial charge >= 0.3 is 0 Å². The van der Waals surface area contributed by atoms with E-state index in [-0.39, 0.29) is 5.56 Å². The van der Waals surface area contributed by atoms with Gasteiger partial charge in [0.1, 0.15) is 11.6 Å². The molecule has 0 unspecified atom stereocenters. The molecule has 0 fully saturated rings. The second-order valence-corrected chi connectivity index (χ2v) is 5.97. The average Bonchev–Trinajstić information content (AvgIpc) is 2.55. The van der Waals surface area contributed by atoms with Crippen LogP contribution in [0.25, 0.3) is 0 Å². The molecular formula is C17H16BrFN2O3. The molecule has 0 aliphatic carbocycles. The highest BCUT2D eigenvalue weighted by atomic mass is 79.9. The van der Waals surface area contributed by atoms with Crippen LogP contribution in [0.3, 0.4) is 0 Å². The summed E-state index contributed by atoms with van der Waals surface area (Å²) < 4.78 is 19.7. The van der Waals surface area contributed by atoms with E-state index in [0.29, 0.717) is 5.75 Å². The SMILES string of the molecule is Cc1ccc(O[C@H](C)C(=O)NNC(=O)c2ccccc2F)c(Br)c1. The number of halogens is 2. The van der Waals surface area contributed by atoms with E-state index in [0.717, 1.165) is 16.1 Å². The number of amides is 2. The molecule has 2 N–H and O–H groups in total. The largest absolute Gasteiger partial charge is 0.480 e. The zero-order valence-electron chi connectivity index (χ0n) is 13.1. The average molecular weight is 395 g/mol. The van der Waals surface area contributed by atoms with E-state index in [1.54, 1.807) is 6.07 Å². The number of carbonyl (C=O) groups excluding carboxylic acids is 2. The molecule has 0 heterocycles. The second kappa shape index (κ2) is 7.92. The fourth-order valence-corrected chi connectivity index (χ4v) is 2.46. The van der Waals surface area contributed by atoms with E-state index >= 15 is 0 Å². The number of benzene rings is 2. The summed E-state index contributed by atoms with van der Waals surface area (Å²) in [5.74, 6) is -1.47. The van der Waals surface area contributed by atoms with Crippen LogP contribution in [-0.4, -0.2) is 17.9 Å². The topological polar surface area (TPSA) is 67.4 Å². The zero-order valence-corrected chi connectivity index (χ0v) is 14.7. The molecule has 0 aromatic heterocycles. The van der Waals surface area contributed by atoms with Crippen molar-refractivity contribution in [1.82, 2.24) is 10.9 Å². The van der Waals surface area contributed by atoms with E-state index in [1.165, 1.54) is 25.1 Å². The van der Waals surface area contributed by atoms with Crippen molar-refractivity contribution in [3.8, 4) is 5.75 Å². The molecule has 0 spiro atoms. The summed E-state index contributed by atoms with van der Waals surface area (Å²) in [4.78, 5) is 23.8. The lowest BCUT2D eigenvalue weighted by Gasteiger charge is -2.16. The van der Waals surface area contributed by atoms with E-state index in [1.807, 2.05) is 19.1 Å². The molecule has 24 heavy (non-hydrogen) atoms. The van der Waals surface area contributed by atoms with E-state index < -0.39 is 23.7 Å². The third-order valence-corrected chi connectivity index (χ3v) is 3.80. The highest BCUT2D eigenvalue weighted by Crippen LogP contribution is 2.26. The van der Waals surface area contributed by atoms with E-state index in [9.17, 15) is 14.0 Å². The third kappa shape index (κ3) is 4.55. The standard InChI is InChI=1S/C17H16BrFN2O3/c1-10-7-8-15(13(18)9-10)24-11(2)16(22)20-21-17(23)12-5-3-4-6-14(12)19/h3-9,11H,1-2H3,(H,20,22)(H,21,23)/t11-/m1/s1. The van der Waals surface area contributed by atoms with Crippen molar-refractivity contribution in [2.24, 2.45) is 0 Å². The Hall–Kier alpha value is -2.41. The number of aryl methyl sites for hydroxylation is 1. The van der Waals surface area contributed by atoms with Crippen LogP contribution in [0.15, 0.2) is 46.9 Å². The van der Waals surface area contributed by atoms with Crippen LogP contribution in [-0.2, 0) is 4.79 Å². The number of hydrazine groups is 1. The maximum atomic E-state index is 13.5. The third-order valence-electron chi connectivity index (χ3n) is 3.18. The van der Waals surface area contributed by atoms with Crippen LogP contribution < -0.4 is 15.6 Å². The molecule has 1 atom stereocenters. The minimum absolute atomic E-state index is 0.160. The van der Waals surface area contributed by atoms with Gasteiger partial charge in [-0.15, -0.1) is 0 Å². The smallest absolute Gasteiger partial charge is 0.279 e. The van der Waals surface area contributed by atoms with Crippen LogP contribution in [0.1, 0.15) is 22.8 Å². The molecule has 126 valence electrons. The molecule has 0 saturated heterocycles. The van der Waals surface area contributed by atoms with Crippen molar-refractivity contribution in [2.45, 2.75) is 20.0 Å². The second-order valence-electron chi connectivity index (χ2n) is 5.12. The van der Waals surface area contributed by atoms with Gasteiger partial charge in [-0.05, 0) is 59.6 Å². The van der Waals surface area contributed by atoms with Crippen molar-refractivity contribution < 1.29 is 18.7 Å². The van der Waals surface area contributed by atoms with Gasteiger partial charge in [-0.3, -0.25) is 20.4 Å². The Morgan fingerprint density at radius 3 is 2.54 bits per heavy atom. The molecule has 2 rings (SSSR count). The van der Waals surface area contributed by atoms with Crippen LogP contribution in [0.2, 0.25) is 0 Å². The van der Waals surface area contributed by atoms with Crippen LogP contribution in [0.4, 0.5) is 4.39 Å². The fourth-order valence-electron chi connectivity index (χ4n) is 1.88. The maximum Gasteiger partial charge on any atom is 0.279 e. The Bertz CT molecular complexity index is 767. The molecule has 2 aromatic carbocycles. The number of ether oxygens (including phenoxy) is 1. The first-order chi connectivity index (χ1) is 11.4. The van der Waals surface area contributed by atoms with Gasteiger partial charge < -0.3 is 4.74 Å². The first kappa shape index (κ1) is 17.9. The number of nitrogens with one attached hydrogen (secondary N) is 2. The lowest BCUT2D eigenvalue weighted by atomic mass is 10.2. The predicted octanol–water partition coefficient (Wildman–Crippen LogP) is 3.13. The molecule has 5 nitrogen and oxygen atoms in total. The van der Waals surface area contributed by atoms with Crippen LogP contribution in [0.5, 0.6) is 5.75 Å². The van der Waals surface area contributed by atoms with Crippen molar-refractivity contribution in [3.63, 3.8) is 0 Å². The summed E-state index contributed by atoms with van der Waals surface area (Å²) in [6.45, 7) is 3.47. The number of carbonyl (C=O) groups is 2. The van der Waals surface area contributed by atoms with Gasteiger partial charge in [-0.1, -0.05) is 18.2 Å². The summed E-state index contributed by atoms with van der Waals surface area (Å²) in [5.41, 5.74) is 5.26. The van der Waals surface area contributed by atoms with Crippen molar-refractivity contribution in [3.05, 3.63) is 63.9 Å². The van der Waals surface area contributed by atoms with Crippen LogP contribution >= 0.6 is 15.9 Å². The summed E-state index contributed by atoms with van der Waals surface area (Å²) in [6.07, 6.45) is -0.857. The van der Waals surface area contributed by atoms with Gasteiger partial charge in [0.15, 0.2) is 6.10 Å². The molecule has 0 radical (unpaired) electrons. The predicted molar refractivity (Wildman–Crippen MR) is 91.0 cm³/mol. The van der Waals surface area contributed by atoms with Gasteiger partial charge in [0.2, 0.25) is 0 Å². The van der Waals surface area contributed by atoms with Gasteiger partial charge in [-0.25, -0.2) is 4.39 Å². The Balaban J connectivity index is 1.92. The van der Waals surface area contributed by atoms with Gasteiger partial charge in [-0.2, -0.15) is 0 Å². The fraction of sp³-hybridized carbons (Fsp3) is 0.176. The summed E-state index contributed by atoms with van der Waals surface area (Å²) in [6, 6.07) is 10.9. The Labute approximate surface area is 147 Å². The number of rotatable bonds is 4. The van der Waals surface area contributed by atoms with Gasteiger partial charge in [0.05, 0.1) is 10.0 Å². The van der Waals surface area contributed by atoms with Crippen molar-refractivity contribution >= 4 is 27.7 Å². The Morgan fingerprint density at radius 2 is 1.88 bits per heavy atom. The first-order valence-corrected chi connectivity index (χ1v) is 7.95. The Kier molecular flexibility index (Phi) is 5.92. The summed E-state index contributed by atoms with van der Waals surface area (Å²) in [5, 5.41) is 0. The molecule has 0 aliphatic rings. The normalized spacial score (nSPS) is 11.5. The van der Waals surface area contributed by atoms with Crippen molar-refractivity contribution in [1.29, 1.82) is 0 Å². The molecule has 2 aromatic rings. The van der Waals surface area contributed by atoms with Gasteiger partial charge in [0, 0.05) is 0 Å². The molecule has 7 heteroatoms. The van der Waals surface area contributed by atoms with Gasteiger partial charge in [0.25, 0.3) is 11.8 Å². The van der Waals surface area contributed by atoms with Crippen molar-refractivity contribution in [2.75, 3.05) is 0 Å². The molecule has 0 bridgehead atoms. The molecular weight excluding hydrogens is 379 g/mol. The lowest BCUT2D eigenvalue weighted by molar-refractivity contribution is -0.128. The quantitative estimate of drug-likeness (QED) is 0.782. The van der Waals surface area contributed by atoms with Crippen LogP contribution in [0, 0.1) is 12.7 Å².